The second kappa shape index (κ2) is 8.02. The van der Waals surface area contributed by atoms with Gasteiger partial charge in [-0.15, -0.1) is 12.4 Å². The van der Waals surface area contributed by atoms with Gasteiger partial charge in [0.2, 0.25) is 5.91 Å². The molecule has 1 aromatic rings. The Bertz CT molecular complexity index is 410. The molecule has 19 heavy (non-hydrogen) atoms. The minimum Gasteiger partial charge on any atom is -0.497 e. The van der Waals surface area contributed by atoms with Crippen molar-refractivity contribution in [3.8, 4) is 5.75 Å². The first-order valence-corrected chi connectivity index (χ1v) is 6.09. The van der Waals surface area contributed by atoms with Crippen LogP contribution in [-0.4, -0.2) is 31.0 Å². The van der Waals surface area contributed by atoms with Crippen LogP contribution in [0.1, 0.15) is 19.4 Å². The number of amides is 1. The molecule has 108 valence electrons. The van der Waals surface area contributed by atoms with E-state index < -0.39 is 0 Å². The average molecular weight is 287 g/mol. The Balaban J connectivity index is 0.00000324. The number of ether oxygens (including phenoxy) is 1. The lowest BCUT2D eigenvalue weighted by Crippen LogP contribution is -2.39. The predicted molar refractivity (Wildman–Crippen MR) is 79.5 cm³/mol. The van der Waals surface area contributed by atoms with Crippen molar-refractivity contribution in [2.24, 2.45) is 11.7 Å². The van der Waals surface area contributed by atoms with Crippen LogP contribution < -0.4 is 10.5 Å². The summed E-state index contributed by atoms with van der Waals surface area (Å²) >= 11 is 0. The number of halogens is 1. The zero-order valence-electron chi connectivity index (χ0n) is 11.9. The molecule has 0 aliphatic rings. The van der Waals surface area contributed by atoms with Gasteiger partial charge >= 0.3 is 0 Å². The monoisotopic (exact) mass is 286 g/mol. The fraction of sp³-hybridized carbons (Fsp3) is 0.500. The van der Waals surface area contributed by atoms with Crippen molar-refractivity contribution in [2.45, 2.75) is 26.4 Å². The molecule has 0 aromatic heterocycles. The largest absolute Gasteiger partial charge is 0.497 e. The quantitative estimate of drug-likeness (QED) is 0.901. The summed E-state index contributed by atoms with van der Waals surface area (Å²) in [7, 11) is 3.42. The lowest BCUT2D eigenvalue weighted by atomic mass is 10.0. The molecule has 0 saturated carbocycles. The Morgan fingerprint density at radius 2 is 2.05 bits per heavy atom. The first-order chi connectivity index (χ1) is 8.45. The fourth-order valence-corrected chi connectivity index (χ4v) is 1.70. The van der Waals surface area contributed by atoms with Crippen LogP contribution in [0, 0.1) is 5.92 Å². The van der Waals surface area contributed by atoms with Gasteiger partial charge in [-0.2, -0.15) is 0 Å². The van der Waals surface area contributed by atoms with Crippen LogP contribution in [-0.2, 0) is 11.3 Å². The molecule has 1 amide bonds. The third-order valence-electron chi connectivity index (χ3n) is 3.11. The SMILES string of the molecule is COc1cccc(CN(C)C(=O)C(C)C(C)N)c1.Cl. The molecule has 2 unspecified atom stereocenters. The van der Waals surface area contributed by atoms with E-state index in [1.165, 1.54) is 0 Å². The number of hydrogen-bond donors (Lipinski definition) is 1. The molecule has 0 fully saturated rings. The van der Waals surface area contributed by atoms with Crippen LogP contribution in [0.2, 0.25) is 0 Å². The highest BCUT2D eigenvalue weighted by atomic mass is 35.5. The molecule has 0 aliphatic carbocycles. The highest BCUT2D eigenvalue weighted by Crippen LogP contribution is 2.15. The Labute approximate surface area is 121 Å². The number of benzene rings is 1. The smallest absolute Gasteiger partial charge is 0.226 e. The van der Waals surface area contributed by atoms with Crippen LogP contribution in [0.3, 0.4) is 0 Å². The van der Waals surface area contributed by atoms with E-state index in [1.54, 1.807) is 19.1 Å². The van der Waals surface area contributed by atoms with E-state index in [1.807, 2.05) is 38.1 Å². The maximum Gasteiger partial charge on any atom is 0.226 e. The Hall–Kier alpha value is -1.26. The lowest BCUT2D eigenvalue weighted by molar-refractivity contribution is -0.134. The van der Waals surface area contributed by atoms with Gasteiger partial charge in [-0.3, -0.25) is 4.79 Å². The zero-order chi connectivity index (χ0) is 13.7. The van der Waals surface area contributed by atoms with Crippen LogP contribution in [0.25, 0.3) is 0 Å². The summed E-state index contributed by atoms with van der Waals surface area (Å²) in [5, 5.41) is 0. The highest BCUT2D eigenvalue weighted by molar-refractivity contribution is 5.85. The zero-order valence-corrected chi connectivity index (χ0v) is 12.7. The molecule has 4 nitrogen and oxygen atoms in total. The Morgan fingerprint density at radius 1 is 1.42 bits per heavy atom. The van der Waals surface area contributed by atoms with Gasteiger partial charge in [0, 0.05) is 19.6 Å². The number of carbonyl (C=O) groups excluding carboxylic acids is 1. The van der Waals surface area contributed by atoms with Crippen molar-refractivity contribution in [2.75, 3.05) is 14.2 Å². The van der Waals surface area contributed by atoms with Crippen LogP contribution in [0.4, 0.5) is 0 Å². The van der Waals surface area contributed by atoms with Gasteiger partial charge in [-0.1, -0.05) is 19.1 Å². The predicted octanol–water partition coefficient (Wildman–Crippen LogP) is 2.06. The van der Waals surface area contributed by atoms with E-state index >= 15 is 0 Å². The van der Waals surface area contributed by atoms with Crippen molar-refractivity contribution in [1.82, 2.24) is 4.90 Å². The molecule has 5 heteroatoms. The first-order valence-electron chi connectivity index (χ1n) is 6.09. The van der Waals surface area contributed by atoms with Crippen molar-refractivity contribution >= 4 is 18.3 Å². The molecule has 0 saturated heterocycles. The van der Waals surface area contributed by atoms with E-state index in [0.29, 0.717) is 6.54 Å². The van der Waals surface area contributed by atoms with Crippen LogP contribution in [0.5, 0.6) is 5.75 Å². The van der Waals surface area contributed by atoms with Gasteiger partial charge in [-0.25, -0.2) is 0 Å². The third kappa shape index (κ3) is 5.09. The molecule has 0 heterocycles. The summed E-state index contributed by atoms with van der Waals surface area (Å²) in [4.78, 5) is 13.8. The van der Waals surface area contributed by atoms with Gasteiger partial charge in [0.15, 0.2) is 0 Å². The second-order valence-electron chi connectivity index (χ2n) is 4.69. The van der Waals surface area contributed by atoms with Crippen LogP contribution in [0.15, 0.2) is 24.3 Å². The summed E-state index contributed by atoms with van der Waals surface area (Å²) < 4.78 is 5.16. The Morgan fingerprint density at radius 3 is 2.58 bits per heavy atom. The summed E-state index contributed by atoms with van der Waals surface area (Å²) in [5.74, 6) is 0.696. The summed E-state index contributed by atoms with van der Waals surface area (Å²) in [6, 6.07) is 7.57. The molecule has 2 N–H and O–H groups in total. The summed E-state index contributed by atoms with van der Waals surface area (Å²) in [6.45, 7) is 4.27. The number of rotatable bonds is 5. The van der Waals surface area contributed by atoms with E-state index in [2.05, 4.69) is 0 Å². The number of methoxy groups -OCH3 is 1. The standard InChI is InChI=1S/C14H22N2O2.ClH/c1-10(11(2)15)14(17)16(3)9-12-6-5-7-13(8-12)18-4;/h5-8,10-11H,9,15H2,1-4H3;1H. The first kappa shape index (κ1) is 17.7. The molecule has 0 aliphatic heterocycles. The summed E-state index contributed by atoms with van der Waals surface area (Å²) in [6.07, 6.45) is 0. The normalized spacial score (nSPS) is 13.1. The molecule has 0 radical (unpaired) electrons. The highest BCUT2D eigenvalue weighted by Gasteiger charge is 2.20. The van der Waals surface area contributed by atoms with Gasteiger partial charge in [-0.05, 0) is 24.6 Å². The molecule has 0 spiro atoms. The van der Waals surface area contributed by atoms with E-state index in [0.717, 1.165) is 11.3 Å². The fourth-order valence-electron chi connectivity index (χ4n) is 1.70. The van der Waals surface area contributed by atoms with Gasteiger partial charge in [0.25, 0.3) is 0 Å². The molecular formula is C14H23ClN2O2. The number of nitrogens with two attached hydrogens (primary N) is 1. The number of carbonyl (C=O) groups is 1. The van der Waals surface area contributed by atoms with Crippen LogP contribution >= 0.6 is 12.4 Å². The molecule has 2 atom stereocenters. The van der Waals surface area contributed by atoms with E-state index in [-0.39, 0.29) is 30.3 Å². The minimum atomic E-state index is -0.166. The minimum absolute atomic E-state index is 0. The molecule has 1 aromatic carbocycles. The molecular weight excluding hydrogens is 264 g/mol. The lowest BCUT2D eigenvalue weighted by Gasteiger charge is -2.23. The Kier molecular flexibility index (Phi) is 7.49. The van der Waals surface area contributed by atoms with E-state index in [9.17, 15) is 4.79 Å². The van der Waals surface area contributed by atoms with Crippen molar-refractivity contribution in [3.63, 3.8) is 0 Å². The second-order valence-corrected chi connectivity index (χ2v) is 4.69. The van der Waals surface area contributed by atoms with Gasteiger partial charge in [0.05, 0.1) is 13.0 Å². The number of hydrogen-bond acceptors (Lipinski definition) is 3. The molecule has 0 bridgehead atoms. The third-order valence-corrected chi connectivity index (χ3v) is 3.11. The maximum absolute atomic E-state index is 12.1. The maximum atomic E-state index is 12.1. The summed E-state index contributed by atoms with van der Waals surface area (Å²) in [5.41, 5.74) is 6.79. The number of nitrogens with zero attached hydrogens (tertiary/aromatic N) is 1. The van der Waals surface area contributed by atoms with Gasteiger partial charge in [0.1, 0.15) is 5.75 Å². The van der Waals surface area contributed by atoms with Gasteiger partial charge < -0.3 is 15.4 Å². The van der Waals surface area contributed by atoms with E-state index in [4.69, 9.17) is 10.5 Å². The topological polar surface area (TPSA) is 55.6 Å². The van der Waals surface area contributed by atoms with Crippen molar-refractivity contribution in [1.29, 1.82) is 0 Å². The molecule has 1 rings (SSSR count). The van der Waals surface area contributed by atoms with Crippen molar-refractivity contribution in [3.05, 3.63) is 29.8 Å². The average Bonchev–Trinajstić information content (AvgIpc) is 2.36. The van der Waals surface area contributed by atoms with Crippen molar-refractivity contribution < 1.29 is 9.53 Å².